The molecule has 0 atom stereocenters. The van der Waals surface area contributed by atoms with Gasteiger partial charge in [-0.05, 0) is 146 Å². The second-order valence-electron chi connectivity index (χ2n) is 19.5. The van der Waals surface area contributed by atoms with Gasteiger partial charge in [0.05, 0.1) is 16.8 Å². The summed E-state index contributed by atoms with van der Waals surface area (Å²) in [6.45, 7) is 0. The van der Waals surface area contributed by atoms with E-state index in [1.165, 1.54) is 104 Å². The van der Waals surface area contributed by atoms with E-state index in [2.05, 4.69) is 278 Å². The average molecular weight is 912 g/mol. The minimum atomic E-state index is -0.532. The Morgan fingerprint density at radius 2 is 0.694 bits per heavy atom. The van der Waals surface area contributed by atoms with Crippen molar-refractivity contribution in [2.45, 2.75) is 5.41 Å². The van der Waals surface area contributed by atoms with Crippen molar-refractivity contribution in [2.75, 3.05) is 4.90 Å². The van der Waals surface area contributed by atoms with E-state index >= 15 is 0 Å². The number of anilines is 3. The van der Waals surface area contributed by atoms with Crippen molar-refractivity contribution in [1.82, 2.24) is 0 Å². The van der Waals surface area contributed by atoms with Crippen LogP contribution in [0.4, 0.5) is 17.1 Å². The van der Waals surface area contributed by atoms with Crippen LogP contribution in [0.3, 0.4) is 0 Å². The number of rotatable bonds is 6. The van der Waals surface area contributed by atoms with Gasteiger partial charge < -0.3 is 4.90 Å². The van der Waals surface area contributed by atoms with E-state index in [0.29, 0.717) is 0 Å². The fourth-order valence-electron chi connectivity index (χ4n) is 12.7. The van der Waals surface area contributed by atoms with Gasteiger partial charge in [-0.2, -0.15) is 0 Å². The fourth-order valence-corrected chi connectivity index (χ4v) is 12.7. The molecule has 0 amide bonds. The Bertz CT molecular complexity index is 4250. The number of hydrogen-bond donors (Lipinski definition) is 0. The lowest BCUT2D eigenvalue weighted by Gasteiger charge is -2.34. The molecule has 0 N–H and O–H groups in total. The summed E-state index contributed by atoms with van der Waals surface area (Å²) in [5.41, 5.74) is 20.3. The maximum Gasteiger partial charge on any atom is 0.0726 e. The third-order valence-corrected chi connectivity index (χ3v) is 15.8. The van der Waals surface area contributed by atoms with Gasteiger partial charge in [0.25, 0.3) is 0 Å². The van der Waals surface area contributed by atoms with Crippen LogP contribution in [0, 0.1) is 0 Å². The number of nitrogens with zero attached hydrogens (tertiary/aromatic N) is 1. The highest BCUT2D eigenvalue weighted by Gasteiger charge is 2.52. The van der Waals surface area contributed by atoms with Gasteiger partial charge in [0, 0.05) is 16.8 Å². The van der Waals surface area contributed by atoms with Crippen LogP contribution in [0.5, 0.6) is 0 Å². The maximum atomic E-state index is 2.57. The van der Waals surface area contributed by atoms with Crippen molar-refractivity contribution in [3.8, 4) is 55.6 Å². The van der Waals surface area contributed by atoms with Gasteiger partial charge >= 0.3 is 0 Å². The molecule has 0 saturated heterocycles. The molecule has 0 bridgehead atoms. The van der Waals surface area contributed by atoms with Crippen LogP contribution in [0.1, 0.15) is 22.3 Å². The summed E-state index contributed by atoms with van der Waals surface area (Å²) in [6.07, 6.45) is 0. The molecule has 2 aliphatic carbocycles. The van der Waals surface area contributed by atoms with Crippen LogP contribution in [0.15, 0.2) is 273 Å². The third-order valence-electron chi connectivity index (χ3n) is 15.8. The Hall–Kier alpha value is -9.30. The van der Waals surface area contributed by atoms with Gasteiger partial charge in [-0.25, -0.2) is 0 Å². The molecule has 2 aliphatic rings. The van der Waals surface area contributed by atoms with E-state index < -0.39 is 5.41 Å². The van der Waals surface area contributed by atoms with Crippen molar-refractivity contribution in [2.24, 2.45) is 0 Å². The topological polar surface area (TPSA) is 3.24 Å². The monoisotopic (exact) mass is 911 g/mol. The van der Waals surface area contributed by atoms with Crippen LogP contribution in [-0.4, -0.2) is 0 Å². The van der Waals surface area contributed by atoms with Crippen LogP contribution >= 0.6 is 0 Å². The van der Waals surface area contributed by atoms with E-state index in [1.807, 2.05) is 0 Å². The fraction of sp³-hybridized carbons (Fsp3) is 0.0141. The largest absolute Gasteiger partial charge is 0.309 e. The molecule has 0 radical (unpaired) electrons. The summed E-state index contributed by atoms with van der Waals surface area (Å²) >= 11 is 0. The second kappa shape index (κ2) is 15.9. The summed E-state index contributed by atoms with van der Waals surface area (Å²) in [4.78, 5) is 2.57. The Morgan fingerprint density at radius 1 is 0.222 bits per heavy atom. The predicted molar refractivity (Wildman–Crippen MR) is 304 cm³/mol. The minimum absolute atomic E-state index is 0.532. The molecule has 0 fully saturated rings. The lowest BCUT2D eigenvalue weighted by atomic mass is 9.70. The van der Waals surface area contributed by atoms with Crippen LogP contribution in [0.25, 0.3) is 98.7 Å². The molecule has 15 rings (SSSR count). The highest BCUT2D eigenvalue weighted by molar-refractivity contribution is 6.26. The first-order valence-corrected chi connectivity index (χ1v) is 25.1. The normalized spacial score (nSPS) is 12.8. The Morgan fingerprint density at radius 3 is 1.35 bits per heavy atom. The SMILES string of the molecule is c1ccc(-c2ccccc2N(c2ccc3c4ccccc4c4ccccc4c3c2)c2cc3c(cc2-c2ccc(-c4ccc5ccccc5c4)cc2)-c2ccccc2C32c3ccccc3-c3ccccc32)cc1. The van der Waals surface area contributed by atoms with Crippen LogP contribution in [-0.2, 0) is 5.41 Å². The lowest BCUT2D eigenvalue weighted by molar-refractivity contribution is 0.794. The molecule has 0 saturated carbocycles. The zero-order chi connectivity index (χ0) is 47.3. The smallest absolute Gasteiger partial charge is 0.0726 e. The molecule has 0 aromatic heterocycles. The first kappa shape index (κ1) is 40.6. The Labute approximate surface area is 419 Å². The van der Waals surface area contributed by atoms with Crippen molar-refractivity contribution in [1.29, 1.82) is 0 Å². The summed E-state index contributed by atoms with van der Waals surface area (Å²) < 4.78 is 0. The number of para-hydroxylation sites is 1. The van der Waals surface area contributed by atoms with E-state index in [1.54, 1.807) is 0 Å². The predicted octanol–water partition coefficient (Wildman–Crippen LogP) is 19.1. The van der Waals surface area contributed by atoms with Gasteiger partial charge in [0.1, 0.15) is 0 Å². The first-order valence-electron chi connectivity index (χ1n) is 25.1. The second-order valence-corrected chi connectivity index (χ2v) is 19.5. The van der Waals surface area contributed by atoms with Crippen molar-refractivity contribution in [3.05, 3.63) is 295 Å². The Kier molecular flexibility index (Phi) is 8.94. The van der Waals surface area contributed by atoms with E-state index in [9.17, 15) is 0 Å². The molecule has 0 unspecified atom stereocenters. The van der Waals surface area contributed by atoms with E-state index in [0.717, 1.165) is 33.8 Å². The Balaban J connectivity index is 1.06. The van der Waals surface area contributed by atoms with Gasteiger partial charge in [-0.3, -0.25) is 0 Å². The standard InChI is InChI=1S/C71H45N/c1-2-19-48(20-3-1)53-22-13-17-33-69(53)72(52-40-41-58-56-25-7-6-23-54(56)55-24-8-9-26-57(55)63(58)43-52)70-45-68-64(44-62(70)49-37-34-47(35-38-49)51-39-36-46-18-4-5-21-50(46)42-51)61-29-12-16-32-67(61)71(68)65-30-14-10-27-59(65)60-28-11-15-31-66(60)71/h1-45H. The van der Waals surface area contributed by atoms with Gasteiger partial charge in [0.2, 0.25) is 0 Å². The van der Waals surface area contributed by atoms with Crippen molar-refractivity contribution >= 4 is 60.2 Å². The van der Waals surface area contributed by atoms with Gasteiger partial charge in [-0.15, -0.1) is 0 Å². The number of hydrogen-bond acceptors (Lipinski definition) is 1. The number of benzene rings is 13. The zero-order valence-corrected chi connectivity index (χ0v) is 39.4. The number of fused-ring (bicyclic) bond motifs is 17. The van der Waals surface area contributed by atoms with Crippen molar-refractivity contribution in [3.63, 3.8) is 0 Å². The average Bonchev–Trinajstić information content (AvgIpc) is 3.93. The molecule has 0 heterocycles. The molecule has 13 aromatic rings. The summed E-state index contributed by atoms with van der Waals surface area (Å²) in [5.74, 6) is 0. The minimum Gasteiger partial charge on any atom is -0.309 e. The van der Waals surface area contributed by atoms with Crippen LogP contribution in [0.2, 0.25) is 0 Å². The molecule has 72 heavy (non-hydrogen) atoms. The lowest BCUT2D eigenvalue weighted by Crippen LogP contribution is -2.26. The molecule has 1 heteroatoms. The third kappa shape index (κ3) is 5.89. The van der Waals surface area contributed by atoms with Gasteiger partial charge in [-0.1, -0.05) is 237 Å². The summed E-state index contributed by atoms with van der Waals surface area (Å²) in [7, 11) is 0. The van der Waals surface area contributed by atoms with Crippen molar-refractivity contribution < 1.29 is 0 Å². The van der Waals surface area contributed by atoms with Gasteiger partial charge in [0.15, 0.2) is 0 Å². The van der Waals surface area contributed by atoms with Crippen LogP contribution < -0.4 is 4.90 Å². The molecular weight excluding hydrogens is 867 g/mol. The van der Waals surface area contributed by atoms with E-state index in [-0.39, 0.29) is 0 Å². The molecule has 1 nitrogen and oxygen atoms in total. The zero-order valence-electron chi connectivity index (χ0n) is 39.4. The first-order chi connectivity index (χ1) is 35.7. The quantitative estimate of drug-likeness (QED) is 0.150. The molecule has 0 aliphatic heterocycles. The maximum absolute atomic E-state index is 2.57. The highest BCUT2D eigenvalue weighted by atomic mass is 15.1. The summed E-state index contributed by atoms with van der Waals surface area (Å²) in [5, 5.41) is 10.0. The molecule has 1 spiro atoms. The van der Waals surface area contributed by atoms with E-state index in [4.69, 9.17) is 0 Å². The summed E-state index contributed by atoms with van der Waals surface area (Å²) in [6, 6.07) is 102. The molecular formula is C71H45N. The molecule has 334 valence electrons. The molecule has 13 aromatic carbocycles. The highest BCUT2D eigenvalue weighted by Crippen LogP contribution is 2.64.